The maximum Gasteiger partial charge on any atom is 0.149 e. The molecule has 4 heteroatoms. The molecule has 0 heterocycles. The number of carbonyl (C=O) groups excluding carboxylic acids is 1. The fourth-order valence-corrected chi connectivity index (χ4v) is 1.63. The maximum absolute atomic E-state index is 11.4. The van der Waals surface area contributed by atoms with Gasteiger partial charge in [0.15, 0.2) is 0 Å². The van der Waals surface area contributed by atoms with Crippen LogP contribution in [0, 0.1) is 0 Å². The van der Waals surface area contributed by atoms with Gasteiger partial charge in [-0.25, -0.2) is 0 Å². The number of Topliss-reactive ketones (excluding diaryl/α,β-unsaturated/α-hetero) is 1. The van der Waals surface area contributed by atoms with Crippen molar-refractivity contribution in [3.8, 4) is 11.5 Å². The molecule has 1 atom stereocenters. The minimum atomic E-state index is -0.470. The van der Waals surface area contributed by atoms with Crippen molar-refractivity contribution in [2.75, 3.05) is 14.2 Å². The molecule has 0 amide bonds. The Labute approximate surface area is 102 Å². The summed E-state index contributed by atoms with van der Waals surface area (Å²) in [4.78, 5) is 11.4. The molecule has 1 aromatic carbocycles. The predicted molar refractivity (Wildman–Crippen MR) is 66.5 cm³/mol. The van der Waals surface area contributed by atoms with E-state index in [4.69, 9.17) is 15.2 Å². The van der Waals surface area contributed by atoms with Crippen molar-refractivity contribution < 1.29 is 14.3 Å². The van der Waals surface area contributed by atoms with Crippen LogP contribution in [0.15, 0.2) is 18.2 Å². The van der Waals surface area contributed by atoms with Crippen molar-refractivity contribution in [3.63, 3.8) is 0 Å². The lowest BCUT2D eigenvalue weighted by Gasteiger charge is -2.13. The van der Waals surface area contributed by atoms with Crippen molar-refractivity contribution in [1.29, 1.82) is 0 Å². The highest BCUT2D eigenvalue weighted by molar-refractivity contribution is 5.83. The molecule has 0 saturated heterocycles. The molecule has 0 aliphatic heterocycles. The molecule has 0 aromatic heterocycles. The monoisotopic (exact) mass is 237 g/mol. The minimum Gasteiger partial charge on any atom is -0.497 e. The number of rotatable bonds is 6. The van der Waals surface area contributed by atoms with E-state index < -0.39 is 6.04 Å². The molecule has 17 heavy (non-hydrogen) atoms. The summed E-state index contributed by atoms with van der Waals surface area (Å²) in [6.07, 6.45) is 0.944. The largest absolute Gasteiger partial charge is 0.497 e. The third kappa shape index (κ3) is 3.46. The zero-order valence-corrected chi connectivity index (χ0v) is 10.5. The highest BCUT2D eigenvalue weighted by Crippen LogP contribution is 2.25. The van der Waals surface area contributed by atoms with Crippen LogP contribution in [0.5, 0.6) is 11.5 Å². The van der Waals surface area contributed by atoms with Gasteiger partial charge in [0, 0.05) is 12.5 Å². The molecule has 0 fully saturated rings. The maximum atomic E-state index is 11.4. The summed E-state index contributed by atoms with van der Waals surface area (Å²) in [5.41, 5.74) is 6.74. The van der Waals surface area contributed by atoms with Gasteiger partial charge in [-0.2, -0.15) is 0 Å². The van der Waals surface area contributed by atoms with E-state index in [0.717, 1.165) is 11.3 Å². The number of methoxy groups -OCH3 is 2. The van der Waals surface area contributed by atoms with Gasteiger partial charge in [0.1, 0.15) is 17.3 Å². The molecule has 0 aliphatic rings. The second-order valence-corrected chi connectivity index (χ2v) is 3.81. The van der Waals surface area contributed by atoms with Crippen LogP contribution in [-0.2, 0) is 11.2 Å². The zero-order chi connectivity index (χ0) is 12.8. The summed E-state index contributed by atoms with van der Waals surface area (Å²) in [7, 11) is 3.19. The van der Waals surface area contributed by atoms with Gasteiger partial charge in [-0.1, -0.05) is 13.0 Å². The van der Waals surface area contributed by atoms with Gasteiger partial charge in [-0.15, -0.1) is 0 Å². The van der Waals surface area contributed by atoms with E-state index in [9.17, 15) is 4.79 Å². The topological polar surface area (TPSA) is 61.6 Å². The number of nitrogens with two attached hydrogens (primary N) is 1. The van der Waals surface area contributed by atoms with E-state index in [-0.39, 0.29) is 5.78 Å². The van der Waals surface area contributed by atoms with Crippen molar-refractivity contribution in [1.82, 2.24) is 0 Å². The summed E-state index contributed by atoms with van der Waals surface area (Å²) in [6, 6.07) is 5.03. The van der Waals surface area contributed by atoms with Crippen LogP contribution in [-0.4, -0.2) is 26.0 Å². The van der Waals surface area contributed by atoms with Crippen LogP contribution in [0.25, 0.3) is 0 Å². The Morgan fingerprint density at radius 2 is 2.06 bits per heavy atom. The van der Waals surface area contributed by atoms with Gasteiger partial charge in [-0.05, 0) is 18.1 Å². The Morgan fingerprint density at radius 3 is 2.59 bits per heavy atom. The number of ketones is 1. The van der Waals surface area contributed by atoms with Gasteiger partial charge in [0.05, 0.1) is 20.3 Å². The number of hydrogen-bond acceptors (Lipinski definition) is 4. The van der Waals surface area contributed by atoms with Crippen LogP contribution in [0.4, 0.5) is 0 Å². The number of carbonyl (C=O) groups is 1. The Hall–Kier alpha value is -1.55. The van der Waals surface area contributed by atoms with Gasteiger partial charge in [0.2, 0.25) is 0 Å². The van der Waals surface area contributed by atoms with E-state index in [1.807, 2.05) is 19.1 Å². The standard InChI is InChI=1S/C13H19NO3/c1-4-12(15)11(14)7-9-5-6-10(16-2)8-13(9)17-3/h5-6,8,11H,4,7,14H2,1-3H3. The summed E-state index contributed by atoms with van der Waals surface area (Å²) < 4.78 is 10.4. The normalized spacial score (nSPS) is 12.0. The highest BCUT2D eigenvalue weighted by atomic mass is 16.5. The first-order chi connectivity index (χ1) is 8.12. The van der Waals surface area contributed by atoms with Crippen LogP contribution in [0.2, 0.25) is 0 Å². The van der Waals surface area contributed by atoms with Crippen LogP contribution in [0.1, 0.15) is 18.9 Å². The van der Waals surface area contributed by atoms with E-state index in [1.54, 1.807) is 20.3 Å². The van der Waals surface area contributed by atoms with E-state index in [1.165, 1.54) is 0 Å². The molecule has 2 N–H and O–H groups in total. The summed E-state index contributed by atoms with van der Waals surface area (Å²) in [5, 5.41) is 0. The number of ether oxygens (including phenoxy) is 2. The van der Waals surface area contributed by atoms with Crippen LogP contribution in [0.3, 0.4) is 0 Å². The second kappa shape index (κ2) is 6.25. The average Bonchev–Trinajstić information content (AvgIpc) is 2.37. The Morgan fingerprint density at radius 1 is 1.35 bits per heavy atom. The molecular weight excluding hydrogens is 218 g/mol. The minimum absolute atomic E-state index is 0.0582. The van der Waals surface area contributed by atoms with Crippen LogP contribution >= 0.6 is 0 Å². The van der Waals surface area contributed by atoms with Gasteiger partial charge in [-0.3, -0.25) is 4.79 Å². The quantitative estimate of drug-likeness (QED) is 0.815. The van der Waals surface area contributed by atoms with Crippen LogP contribution < -0.4 is 15.2 Å². The van der Waals surface area contributed by atoms with E-state index >= 15 is 0 Å². The summed E-state index contributed by atoms with van der Waals surface area (Å²) in [5.74, 6) is 1.48. The third-order valence-corrected chi connectivity index (χ3v) is 2.70. The lowest BCUT2D eigenvalue weighted by atomic mass is 10.0. The Bertz CT molecular complexity index is 390. The molecule has 94 valence electrons. The highest BCUT2D eigenvalue weighted by Gasteiger charge is 2.15. The van der Waals surface area contributed by atoms with Crippen molar-refractivity contribution in [2.24, 2.45) is 5.73 Å². The third-order valence-electron chi connectivity index (χ3n) is 2.70. The molecule has 0 bridgehead atoms. The molecule has 1 aromatic rings. The molecule has 0 saturated carbocycles. The first-order valence-electron chi connectivity index (χ1n) is 5.61. The Kier molecular flexibility index (Phi) is 4.97. The van der Waals surface area contributed by atoms with Crippen molar-refractivity contribution in [2.45, 2.75) is 25.8 Å². The number of benzene rings is 1. The molecule has 1 unspecified atom stereocenters. The fourth-order valence-electron chi connectivity index (χ4n) is 1.63. The van der Waals surface area contributed by atoms with Gasteiger partial charge >= 0.3 is 0 Å². The Balaban J connectivity index is 2.87. The predicted octanol–water partition coefficient (Wildman–Crippen LogP) is 1.55. The second-order valence-electron chi connectivity index (χ2n) is 3.81. The molecule has 1 rings (SSSR count). The van der Waals surface area contributed by atoms with E-state index in [0.29, 0.717) is 18.6 Å². The van der Waals surface area contributed by atoms with Crippen molar-refractivity contribution >= 4 is 5.78 Å². The van der Waals surface area contributed by atoms with Gasteiger partial charge in [0.25, 0.3) is 0 Å². The first kappa shape index (κ1) is 13.5. The molecule has 4 nitrogen and oxygen atoms in total. The van der Waals surface area contributed by atoms with Crippen molar-refractivity contribution in [3.05, 3.63) is 23.8 Å². The van der Waals surface area contributed by atoms with Gasteiger partial charge < -0.3 is 15.2 Å². The smallest absolute Gasteiger partial charge is 0.149 e. The lowest BCUT2D eigenvalue weighted by molar-refractivity contribution is -0.119. The average molecular weight is 237 g/mol. The fraction of sp³-hybridized carbons (Fsp3) is 0.462. The SMILES string of the molecule is CCC(=O)C(N)Cc1ccc(OC)cc1OC. The lowest BCUT2D eigenvalue weighted by Crippen LogP contribution is -2.32. The summed E-state index contributed by atoms with van der Waals surface area (Å²) in [6.45, 7) is 1.81. The molecule has 0 spiro atoms. The van der Waals surface area contributed by atoms with E-state index in [2.05, 4.69) is 0 Å². The zero-order valence-electron chi connectivity index (χ0n) is 10.5. The molecule has 0 radical (unpaired) electrons. The molecular formula is C13H19NO3. The first-order valence-corrected chi connectivity index (χ1v) is 5.61. The molecule has 0 aliphatic carbocycles. The number of hydrogen-bond donors (Lipinski definition) is 1. The summed E-state index contributed by atoms with van der Waals surface area (Å²) >= 11 is 0.